The quantitative estimate of drug-likeness (QED) is 0.687. The zero-order chi connectivity index (χ0) is 21.1. The second kappa shape index (κ2) is 8.46. The summed E-state index contributed by atoms with van der Waals surface area (Å²) in [4.78, 5) is 40.9. The van der Waals surface area contributed by atoms with Crippen LogP contribution in [0.1, 0.15) is 25.5 Å². The highest BCUT2D eigenvalue weighted by Gasteiger charge is 2.44. The van der Waals surface area contributed by atoms with Crippen LogP contribution in [0.25, 0.3) is 0 Å². The maximum Gasteiger partial charge on any atom is 0.322 e. The van der Waals surface area contributed by atoms with E-state index in [9.17, 15) is 18.8 Å². The molecule has 4 amide bonds. The first kappa shape index (κ1) is 20.6. The van der Waals surface area contributed by atoms with Crippen molar-refractivity contribution in [1.29, 1.82) is 0 Å². The predicted octanol–water partition coefficient (Wildman–Crippen LogP) is 1.95. The van der Waals surface area contributed by atoms with Gasteiger partial charge in [0.1, 0.15) is 12.4 Å². The van der Waals surface area contributed by atoms with Gasteiger partial charge in [0.05, 0.1) is 23.9 Å². The van der Waals surface area contributed by atoms with Gasteiger partial charge in [-0.15, -0.1) is 6.58 Å². The minimum absolute atomic E-state index is 0.0924. The Kier molecular flexibility index (Phi) is 6.00. The van der Waals surface area contributed by atoms with E-state index < -0.39 is 11.9 Å². The first-order chi connectivity index (χ1) is 13.8. The minimum atomic E-state index is -0.699. The molecular weight excluding hydrogens is 375 g/mol. The number of carbonyl (C=O) groups is 3. The standard InChI is InChI=1S/C21H25FN4O3/c1-4-9-26-16-11-25(12-17(27)23-10-13(2)3)20(28)18(16)19(24-21(26)29)14-5-7-15(22)8-6-14/h4-8,13,19H,1,9-12H2,2-3H3,(H,23,27)(H,24,29)/t19-/m0/s1. The van der Waals surface area contributed by atoms with Crippen LogP contribution in [0.2, 0.25) is 0 Å². The number of hydrogen-bond acceptors (Lipinski definition) is 3. The molecule has 1 aromatic rings. The topological polar surface area (TPSA) is 81.8 Å². The highest BCUT2D eigenvalue weighted by atomic mass is 19.1. The monoisotopic (exact) mass is 400 g/mol. The third-order valence-corrected chi connectivity index (χ3v) is 4.85. The third-order valence-electron chi connectivity index (χ3n) is 4.85. The highest BCUT2D eigenvalue weighted by Crippen LogP contribution is 2.36. The summed E-state index contributed by atoms with van der Waals surface area (Å²) in [5, 5.41) is 5.61. The van der Waals surface area contributed by atoms with E-state index in [1.807, 2.05) is 13.8 Å². The van der Waals surface area contributed by atoms with Gasteiger partial charge in [-0.05, 0) is 23.6 Å². The second-order valence-electron chi connectivity index (χ2n) is 7.55. The van der Waals surface area contributed by atoms with Crippen LogP contribution < -0.4 is 10.6 Å². The van der Waals surface area contributed by atoms with Crippen molar-refractivity contribution >= 4 is 17.8 Å². The Morgan fingerprint density at radius 2 is 2.03 bits per heavy atom. The summed E-state index contributed by atoms with van der Waals surface area (Å²) in [6.07, 6.45) is 1.57. The second-order valence-corrected chi connectivity index (χ2v) is 7.55. The molecule has 2 aliphatic heterocycles. The molecule has 2 aliphatic rings. The van der Waals surface area contributed by atoms with Crippen molar-refractivity contribution in [2.24, 2.45) is 5.92 Å². The van der Waals surface area contributed by atoms with Gasteiger partial charge in [-0.3, -0.25) is 14.5 Å². The summed E-state index contributed by atoms with van der Waals surface area (Å²) < 4.78 is 13.3. The molecule has 154 valence electrons. The number of halogens is 1. The van der Waals surface area contributed by atoms with E-state index in [1.54, 1.807) is 18.2 Å². The molecule has 0 spiro atoms. The lowest BCUT2D eigenvalue weighted by Crippen LogP contribution is -2.47. The lowest BCUT2D eigenvalue weighted by molar-refractivity contribution is -0.132. The molecule has 0 radical (unpaired) electrons. The number of nitrogens with zero attached hydrogens (tertiary/aromatic N) is 2. The molecule has 7 nitrogen and oxygen atoms in total. The van der Waals surface area contributed by atoms with E-state index in [-0.39, 0.29) is 37.5 Å². The predicted molar refractivity (Wildman–Crippen MR) is 106 cm³/mol. The lowest BCUT2D eigenvalue weighted by atomic mass is 9.95. The largest absolute Gasteiger partial charge is 0.354 e. The van der Waals surface area contributed by atoms with Gasteiger partial charge in [0.2, 0.25) is 5.91 Å². The van der Waals surface area contributed by atoms with Crippen molar-refractivity contribution in [3.8, 4) is 0 Å². The van der Waals surface area contributed by atoms with E-state index in [0.717, 1.165) is 0 Å². The summed E-state index contributed by atoms with van der Waals surface area (Å²) in [7, 11) is 0. The number of carbonyl (C=O) groups excluding carboxylic acids is 3. The number of rotatable bonds is 7. The highest BCUT2D eigenvalue weighted by molar-refractivity contribution is 6.03. The van der Waals surface area contributed by atoms with Crippen molar-refractivity contribution in [2.75, 3.05) is 26.2 Å². The Morgan fingerprint density at radius 3 is 2.66 bits per heavy atom. The molecule has 0 aromatic heterocycles. The van der Waals surface area contributed by atoms with Gasteiger partial charge in [0.15, 0.2) is 0 Å². The first-order valence-electron chi connectivity index (χ1n) is 9.55. The normalized spacial score (nSPS) is 18.8. The fourth-order valence-electron chi connectivity index (χ4n) is 3.45. The SMILES string of the molecule is C=CCN1C(=O)N[C@@H](c2ccc(F)cc2)C2=C1CN(CC(=O)NCC(C)C)C2=O. The zero-order valence-electron chi connectivity index (χ0n) is 16.6. The molecule has 1 aromatic carbocycles. The maximum atomic E-state index is 13.3. The zero-order valence-corrected chi connectivity index (χ0v) is 16.6. The Bertz CT molecular complexity index is 863. The van der Waals surface area contributed by atoms with Gasteiger partial charge in [-0.1, -0.05) is 32.1 Å². The van der Waals surface area contributed by atoms with Crippen LogP contribution in [-0.4, -0.2) is 53.8 Å². The number of benzene rings is 1. The molecule has 0 unspecified atom stereocenters. The van der Waals surface area contributed by atoms with Crippen LogP contribution in [0.3, 0.4) is 0 Å². The van der Waals surface area contributed by atoms with Crippen LogP contribution >= 0.6 is 0 Å². The molecule has 0 bridgehead atoms. The van der Waals surface area contributed by atoms with Gasteiger partial charge in [-0.25, -0.2) is 9.18 Å². The molecule has 2 heterocycles. The Morgan fingerprint density at radius 1 is 1.34 bits per heavy atom. The molecule has 8 heteroatoms. The van der Waals surface area contributed by atoms with Crippen molar-refractivity contribution < 1.29 is 18.8 Å². The van der Waals surface area contributed by atoms with Gasteiger partial charge in [-0.2, -0.15) is 0 Å². The molecule has 29 heavy (non-hydrogen) atoms. The van der Waals surface area contributed by atoms with E-state index >= 15 is 0 Å². The Hall–Kier alpha value is -3.16. The molecule has 0 saturated carbocycles. The Balaban J connectivity index is 1.88. The average Bonchev–Trinajstić information content (AvgIpc) is 2.99. The molecule has 1 atom stereocenters. The van der Waals surface area contributed by atoms with Gasteiger partial charge >= 0.3 is 6.03 Å². The van der Waals surface area contributed by atoms with Gasteiger partial charge < -0.3 is 15.5 Å². The van der Waals surface area contributed by atoms with Crippen LogP contribution in [0.5, 0.6) is 0 Å². The molecule has 0 aliphatic carbocycles. The summed E-state index contributed by atoms with van der Waals surface area (Å²) in [6.45, 7) is 8.46. The van der Waals surface area contributed by atoms with E-state index in [2.05, 4.69) is 17.2 Å². The van der Waals surface area contributed by atoms with E-state index in [1.165, 1.54) is 21.9 Å². The first-order valence-corrected chi connectivity index (χ1v) is 9.55. The van der Waals surface area contributed by atoms with Gasteiger partial charge in [0.25, 0.3) is 5.91 Å². The number of amides is 4. The van der Waals surface area contributed by atoms with Crippen LogP contribution in [0.4, 0.5) is 9.18 Å². The minimum Gasteiger partial charge on any atom is -0.354 e. The molecule has 0 fully saturated rings. The summed E-state index contributed by atoms with van der Waals surface area (Å²) >= 11 is 0. The van der Waals surface area contributed by atoms with Crippen molar-refractivity contribution in [1.82, 2.24) is 20.4 Å². The number of urea groups is 1. The molecule has 2 N–H and O–H groups in total. The van der Waals surface area contributed by atoms with E-state index in [0.29, 0.717) is 29.3 Å². The fourth-order valence-corrected chi connectivity index (χ4v) is 3.45. The number of hydrogen-bond donors (Lipinski definition) is 2. The van der Waals surface area contributed by atoms with Crippen LogP contribution in [-0.2, 0) is 9.59 Å². The third kappa shape index (κ3) is 4.31. The smallest absolute Gasteiger partial charge is 0.322 e. The van der Waals surface area contributed by atoms with Crippen molar-refractivity contribution in [2.45, 2.75) is 19.9 Å². The lowest BCUT2D eigenvalue weighted by Gasteiger charge is -2.33. The summed E-state index contributed by atoms with van der Waals surface area (Å²) in [5.74, 6) is -0.672. The van der Waals surface area contributed by atoms with Gasteiger partial charge in [0, 0.05) is 13.1 Å². The van der Waals surface area contributed by atoms with E-state index in [4.69, 9.17) is 0 Å². The summed E-state index contributed by atoms with van der Waals surface area (Å²) in [6, 6.07) is 4.59. The Labute approximate surface area is 169 Å². The molecular formula is C21H25FN4O3. The average molecular weight is 400 g/mol. The van der Waals surface area contributed by atoms with Crippen LogP contribution in [0, 0.1) is 11.7 Å². The number of nitrogens with one attached hydrogen (secondary N) is 2. The summed E-state index contributed by atoms with van der Waals surface area (Å²) in [5.41, 5.74) is 1.55. The molecule has 3 rings (SSSR count). The molecule has 0 saturated heterocycles. The fraction of sp³-hybridized carbons (Fsp3) is 0.381. The van der Waals surface area contributed by atoms with Crippen molar-refractivity contribution in [3.63, 3.8) is 0 Å². The van der Waals surface area contributed by atoms with Crippen molar-refractivity contribution in [3.05, 3.63) is 59.6 Å². The van der Waals surface area contributed by atoms with Crippen LogP contribution in [0.15, 0.2) is 48.2 Å². The maximum absolute atomic E-state index is 13.3.